The highest BCUT2D eigenvalue weighted by atomic mass is 19.4. The number of hydrogen-bond donors (Lipinski definition) is 2. The normalized spacial score (nSPS) is 16.4. The zero-order valence-corrected chi connectivity index (χ0v) is 15.5. The number of ketones is 1. The molecule has 0 spiro atoms. The third-order valence-electron chi connectivity index (χ3n) is 4.36. The van der Waals surface area contributed by atoms with Gasteiger partial charge in [0.1, 0.15) is 5.84 Å². The van der Waals surface area contributed by atoms with Crippen molar-refractivity contribution in [2.45, 2.75) is 19.0 Å². The van der Waals surface area contributed by atoms with Crippen LogP contribution in [0.15, 0.2) is 59.7 Å². The van der Waals surface area contributed by atoms with Gasteiger partial charge in [-0.05, 0) is 30.3 Å². The van der Waals surface area contributed by atoms with E-state index in [0.29, 0.717) is 5.69 Å². The molecule has 10 heteroatoms. The van der Waals surface area contributed by atoms with Crippen LogP contribution in [0.2, 0.25) is 0 Å². The third kappa shape index (κ3) is 4.65. The fourth-order valence-electron chi connectivity index (χ4n) is 2.91. The number of rotatable bonds is 6. The smallest absolute Gasteiger partial charge is 0.385 e. The molecule has 156 valence electrons. The Hall–Kier alpha value is -3.69. The zero-order chi connectivity index (χ0) is 21.9. The lowest BCUT2D eigenvalue weighted by atomic mass is 9.98. The summed E-state index contributed by atoms with van der Waals surface area (Å²) in [5.41, 5.74) is 5.24. The molecular weight excluding hydrogens is 401 g/mol. The number of carbonyl (C=O) groups is 3. The van der Waals surface area contributed by atoms with Crippen LogP contribution in [0.5, 0.6) is 0 Å². The number of para-hydroxylation sites is 1. The van der Waals surface area contributed by atoms with E-state index in [0.717, 1.165) is 23.2 Å². The number of carbonyl (C=O) groups excluding carboxylic acids is 3. The van der Waals surface area contributed by atoms with Crippen LogP contribution in [0, 0.1) is 5.92 Å². The highest BCUT2D eigenvalue weighted by Crippen LogP contribution is 2.30. The van der Waals surface area contributed by atoms with Crippen molar-refractivity contribution < 1.29 is 27.6 Å². The first-order chi connectivity index (χ1) is 14.2. The monoisotopic (exact) mass is 418 g/mol. The van der Waals surface area contributed by atoms with Crippen LogP contribution in [0.1, 0.15) is 18.4 Å². The highest BCUT2D eigenvalue weighted by Gasteiger charge is 2.40. The number of nitrogens with zero attached hydrogens (tertiary/aromatic N) is 2. The summed E-state index contributed by atoms with van der Waals surface area (Å²) in [5.74, 6) is -3.36. The lowest BCUT2D eigenvalue weighted by molar-refractivity contribution is -0.137. The Kier molecular flexibility index (Phi) is 5.86. The van der Waals surface area contributed by atoms with E-state index in [4.69, 9.17) is 5.73 Å². The van der Waals surface area contributed by atoms with Gasteiger partial charge in [0.25, 0.3) is 5.91 Å². The first-order valence-corrected chi connectivity index (χ1v) is 8.89. The Balaban J connectivity index is 1.59. The van der Waals surface area contributed by atoms with Gasteiger partial charge in [-0.15, -0.1) is 0 Å². The van der Waals surface area contributed by atoms with Gasteiger partial charge in [-0.2, -0.15) is 23.3 Å². The van der Waals surface area contributed by atoms with Crippen molar-refractivity contribution in [3.05, 3.63) is 60.2 Å². The molecule has 0 unspecified atom stereocenters. The SMILES string of the molecule is NC1=NN(c2ccccc2)C(=O)[C@@H]1C(=O)CCC(=O)Nc1cccc(C(F)(F)F)c1. The molecule has 1 atom stereocenters. The molecule has 3 rings (SSSR count). The molecule has 0 saturated heterocycles. The zero-order valence-electron chi connectivity index (χ0n) is 15.5. The van der Waals surface area contributed by atoms with Crippen molar-refractivity contribution in [1.29, 1.82) is 0 Å². The molecule has 0 fully saturated rings. The molecule has 7 nitrogen and oxygen atoms in total. The minimum Gasteiger partial charge on any atom is -0.385 e. The second kappa shape index (κ2) is 8.36. The lowest BCUT2D eigenvalue weighted by Gasteiger charge is -2.13. The fraction of sp³-hybridized carbons (Fsp3) is 0.200. The highest BCUT2D eigenvalue weighted by molar-refractivity contribution is 6.26. The summed E-state index contributed by atoms with van der Waals surface area (Å²) in [6.45, 7) is 0. The van der Waals surface area contributed by atoms with E-state index >= 15 is 0 Å². The van der Waals surface area contributed by atoms with E-state index < -0.39 is 35.3 Å². The summed E-state index contributed by atoms with van der Waals surface area (Å²) >= 11 is 0. The number of nitrogens with two attached hydrogens (primary N) is 1. The maximum Gasteiger partial charge on any atom is 0.416 e. The van der Waals surface area contributed by atoms with Gasteiger partial charge in [0.15, 0.2) is 11.7 Å². The molecule has 2 amide bonds. The average Bonchev–Trinajstić information content (AvgIpc) is 3.00. The van der Waals surface area contributed by atoms with Gasteiger partial charge in [0.05, 0.1) is 11.3 Å². The van der Waals surface area contributed by atoms with E-state index in [1.165, 1.54) is 6.07 Å². The molecule has 2 aromatic carbocycles. The Morgan fingerprint density at radius 2 is 1.77 bits per heavy atom. The number of hydrogen-bond acceptors (Lipinski definition) is 5. The number of nitrogens with one attached hydrogen (secondary N) is 1. The van der Waals surface area contributed by atoms with E-state index in [9.17, 15) is 27.6 Å². The van der Waals surface area contributed by atoms with Gasteiger partial charge < -0.3 is 11.1 Å². The number of anilines is 2. The minimum atomic E-state index is -4.54. The Labute approximate surface area is 169 Å². The quantitative estimate of drug-likeness (QED) is 0.704. The first-order valence-electron chi connectivity index (χ1n) is 8.89. The van der Waals surface area contributed by atoms with Crippen LogP contribution in [0.3, 0.4) is 0 Å². The van der Waals surface area contributed by atoms with E-state index in [1.807, 2.05) is 0 Å². The molecule has 0 aliphatic carbocycles. The van der Waals surface area contributed by atoms with Crippen LogP contribution in [-0.4, -0.2) is 23.4 Å². The summed E-state index contributed by atoms with van der Waals surface area (Å²) in [5, 5.41) is 7.26. The van der Waals surface area contributed by atoms with Gasteiger partial charge in [-0.3, -0.25) is 14.4 Å². The van der Waals surface area contributed by atoms with E-state index in [2.05, 4.69) is 10.4 Å². The van der Waals surface area contributed by atoms with Crippen molar-refractivity contribution >= 4 is 34.8 Å². The molecule has 0 saturated carbocycles. The Morgan fingerprint density at radius 1 is 1.07 bits per heavy atom. The summed E-state index contributed by atoms with van der Waals surface area (Å²) in [4.78, 5) is 37.0. The summed E-state index contributed by atoms with van der Waals surface area (Å²) < 4.78 is 38.2. The summed E-state index contributed by atoms with van der Waals surface area (Å²) in [6.07, 6.45) is -5.18. The van der Waals surface area contributed by atoms with Crippen molar-refractivity contribution in [1.82, 2.24) is 0 Å². The van der Waals surface area contributed by atoms with Crippen LogP contribution < -0.4 is 16.1 Å². The van der Waals surface area contributed by atoms with Gasteiger partial charge in [0.2, 0.25) is 5.91 Å². The largest absolute Gasteiger partial charge is 0.416 e. The average molecular weight is 418 g/mol. The lowest BCUT2D eigenvalue weighted by Crippen LogP contribution is -2.36. The fourth-order valence-corrected chi connectivity index (χ4v) is 2.91. The number of halogens is 3. The number of Topliss-reactive ketones (excluding diaryl/α,β-unsaturated/α-hetero) is 1. The van der Waals surface area contributed by atoms with Crippen LogP contribution in [-0.2, 0) is 20.6 Å². The van der Waals surface area contributed by atoms with E-state index in [1.54, 1.807) is 30.3 Å². The molecule has 1 heterocycles. The summed E-state index contributed by atoms with van der Waals surface area (Å²) in [7, 11) is 0. The predicted octanol–water partition coefficient (Wildman–Crippen LogP) is 2.93. The van der Waals surface area contributed by atoms with Gasteiger partial charge >= 0.3 is 6.18 Å². The topological polar surface area (TPSA) is 105 Å². The molecule has 3 N–H and O–H groups in total. The molecule has 30 heavy (non-hydrogen) atoms. The first kappa shape index (κ1) is 21.0. The molecule has 1 aliphatic rings. The molecule has 2 aromatic rings. The number of hydrazone groups is 1. The molecule has 1 aliphatic heterocycles. The number of alkyl halides is 3. The Morgan fingerprint density at radius 3 is 2.43 bits per heavy atom. The van der Waals surface area contributed by atoms with Crippen LogP contribution >= 0.6 is 0 Å². The van der Waals surface area contributed by atoms with Gasteiger partial charge in [-0.1, -0.05) is 24.3 Å². The van der Waals surface area contributed by atoms with Crippen LogP contribution in [0.25, 0.3) is 0 Å². The molecule has 0 aromatic heterocycles. The van der Waals surface area contributed by atoms with Crippen molar-refractivity contribution in [3.8, 4) is 0 Å². The maximum atomic E-state index is 12.7. The van der Waals surface area contributed by atoms with Crippen LogP contribution in [0.4, 0.5) is 24.5 Å². The Bertz CT molecular complexity index is 1010. The maximum absolute atomic E-state index is 12.7. The molecular formula is C20H17F3N4O3. The molecule has 0 radical (unpaired) electrons. The molecule has 0 bridgehead atoms. The third-order valence-corrected chi connectivity index (χ3v) is 4.36. The van der Waals surface area contributed by atoms with Gasteiger partial charge in [-0.25, -0.2) is 0 Å². The minimum absolute atomic E-state index is 0.0458. The van der Waals surface area contributed by atoms with Crippen molar-refractivity contribution in [2.75, 3.05) is 10.3 Å². The number of amidine groups is 1. The second-order valence-electron chi connectivity index (χ2n) is 6.54. The number of amides is 2. The predicted molar refractivity (Wildman–Crippen MR) is 103 cm³/mol. The van der Waals surface area contributed by atoms with Gasteiger partial charge in [0, 0.05) is 18.5 Å². The van der Waals surface area contributed by atoms with Crippen molar-refractivity contribution in [3.63, 3.8) is 0 Å². The summed E-state index contributed by atoms with van der Waals surface area (Å²) in [6, 6.07) is 12.5. The van der Waals surface area contributed by atoms with Crippen molar-refractivity contribution in [2.24, 2.45) is 16.8 Å². The van der Waals surface area contributed by atoms with E-state index in [-0.39, 0.29) is 24.4 Å². The standard InChI is InChI=1S/C20H17F3N4O3/c21-20(22,23)12-5-4-6-13(11-12)25-16(29)10-9-15(28)17-18(24)26-27(19(17)30)14-7-2-1-3-8-14/h1-8,11,17H,9-10H2,(H2,24,26)(H,25,29)/t17-/m1/s1. The number of benzene rings is 2. The second-order valence-corrected chi connectivity index (χ2v) is 6.54.